The lowest BCUT2D eigenvalue weighted by molar-refractivity contribution is -0.134. The first kappa shape index (κ1) is 17.4. The maximum atomic E-state index is 12.7. The SMILES string of the molecule is O=Cc1ccccc1OCC(=O)N(Cc1cccs1)Cc1cccs1. The first-order chi connectivity index (χ1) is 12.3. The third-order valence-corrected chi connectivity index (χ3v) is 5.33. The van der Waals surface area contributed by atoms with Crippen molar-refractivity contribution in [1.82, 2.24) is 4.90 Å². The molecule has 4 nitrogen and oxygen atoms in total. The molecule has 0 aliphatic carbocycles. The zero-order valence-electron chi connectivity index (χ0n) is 13.5. The van der Waals surface area contributed by atoms with Gasteiger partial charge in [0.05, 0.1) is 18.7 Å². The summed E-state index contributed by atoms with van der Waals surface area (Å²) in [5.41, 5.74) is 0.443. The van der Waals surface area contributed by atoms with Crippen LogP contribution in [-0.2, 0) is 17.9 Å². The monoisotopic (exact) mass is 371 g/mol. The van der Waals surface area contributed by atoms with E-state index >= 15 is 0 Å². The zero-order chi connectivity index (χ0) is 17.5. The highest BCUT2D eigenvalue weighted by Gasteiger charge is 2.17. The van der Waals surface area contributed by atoms with E-state index in [1.54, 1.807) is 51.8 Å². The Morgan fingerprint density at radius 3 is 2.16 bits per heavy atom. The second kappa shape index (κ2) is 8.60. The van der Waals surface area contributed by atoms with Crippen molar-refractivity contribution in [1.29, 1.82) is 0 Å². The topological polar surface area (TPSA) is 46.6 Å². The molecule has 1 amide bonds. The van der Waals surface area contributed by atoms with Crippen LogP contribution >= 0.6 is 22.7 Å². The van der Waals surface area contributed by atoms with Gasteiger partial charge in [0, 0.05) is 9.75 Å². The van der Waals surface area contributed by atoms with Crippen molar-refractivity contribution >= 4 is 34.9 Å². The zero-order valence-corrected chi connectivity index (χ0v) is 15.1. The minimum Gasteiger partial charge on any atom is -0.483 e. The standard InChI is InChI=1S/C19H17NO3S2/c21-13-15-5-1-2-8-18(15)23-14-19(22)20(11-16-6-3-9-24-16)12-17-7-4-10-25-17/h1-10,13H,11-12,14H2. The maximum absolute atomic E-state index is 12.7. The first-order valence-electron chi connectivity index (χ1n) is 7.76. The number of carbonyl (C=O) groups is 2. The van der Waals surface area contributed by atoms with Gasteiger partial charge in [-0.15, -0.1) is 22.7 Å². The van der Waals surface area contributed by atoms with Gasteiger partial charge in [0.1, 0.15) is 5.75 Å². The Hall–Kier alpha value is -2.44. The van der Waals surface area contributed by atoms with Gasteiger partial charge >= 0.3 is 0 Å². The molecule has 0 unspecified atom stereocenters. The van der Waals surface area contributed by atoms with Gasteiger partial charge in [-0.1, -0.05) is 24.3 Å². The molecule has 0 aliphatic heterocycles. The van der Waals surface area contributed by atoms with Gasteiger partial charge < -0.3 is 9.64 Å². The van der Waals surface area contributed by atoms with Crippen molar-refractivity contribution in [3.05, 3.63) is 74.6 Å². The predicted molar refractivity (Wildman–Crippen MR) is 100 cm³/mol. The fourth-order valence-electron chi connectivity index (χ4n) is 2.35. The Bertz CT molecular complexity index is 777. The molecule has 25 heavy (non-hydrogen) atoms. The fourth-order valence-corrected chi connectivity index (χ4v) is 3.79. The largest absolute Gasteiger partial charge is 0.483 e. The first-order valence-corrected chi connectivity index (χ1v) is 9.52. The minimum atomic E-state index is -0.109. The number of rotatable bonds is 8. The Morgan fingerprint density at radius 1 is 0.960 bits per heavy atom. The molecule has 0 fully saturated rings. The summed E-state index contributed by atoms with van der Waals surface area (Å²) < 4.78 is 5.59. The van der Waals surface area contributed by atoms with Crippen LogP contribution in [0.1, 0.15) is 20.1 Å². The van der Waals surface area contributed by atoms with Crippen LogP contribution in [0, 0.1) is 0 Å². The summed E-state index contributed by atoms with van der Waals surface area (Å²) in [6.45, 7) is 1.00. The van der Waals surface area contributed by atoms with E-state index in [1.165, 1.54) is 0 Å². The number of benzene rings is 1. The number of para-hydroxylation sites is 1. The highest BCUT2D eigenvalue weighted by Crippen LogP contribution is 2.19. The maximum Gasteiger partial charge on any atom is 0.261 e. The van der Waals surface area contributed by atoms with Crippen LogP contribution in [0.4, 0.5) is 0 Å². The molecule has 0 spiro atoms. The molecule has 0 bridgehead atoms. The summed E-state index contributed by atoms with van der Waals surface area (Å²) in [6, 6.07) is 14.9. The molecule has 0 saturated heterocycles. The van der Waals surface area contributed by atoms with Gasteiger partial charge in [-0.2, -0.15) is 0 Å². The van der Waals surface area contributed by atoms with E-state index in [0.717, 1.165) is 16.0 Å². The molecule has 2 heterocycles. The lowest BCUT2D eigenvalue weighted by Gasteiger charge is -2.22. The second-order valence-corrected chi connectivity index (χ2v) is 7.42. The number of hydrogen-bond acceptors (Lipinski definition) is 5. The molecule has 0 atom stereocenters. The Kier molecular flexibility index (Phi) is 5.98. The smallest absolute Gasteiger partial charge is 0.261 e. The van der Waals surface area contributed by atoms with Crippen LogP contribution < -0.4 is 4.74 Å². The van der Waals surface area contributed by atoms with Crippen molar-refractivity contribution in [3.63, 3.8) is 0 Å². The van der Waals surface area contributed by atoms with E-state index in [0.29, 0.717) is 24.4 Å². The van der Waals surface area contributed by atoms with E-state index in [-0.39, 0.29) is 12.5 Å². The summed E-state index contributed by atoms with van der Waals surface area (Å²) in [4.78, 5) is 27.8. The van der Waals surface area contributed by atoms with Gasteiger partial charge in [0.15, 0.2) is 12.9 Å². The molecule has 0 saturated carbocycles. The molecule has 2 aromatic heterocycles. The van der Waals surface area contributed by atoms with Gasteiger partial charge in [-0.3, -0.25) is 9.59 Å². The van der Waals surface area contributed by atoms with Crippen LogP contribution in [0.25, 0.3) is 0 Å². The van der Waals surface area contributed by atoms with E-state index in [2.05, 4.69) is 0 Å². The van der Waals surface area contributed by atoms with Crippen LogP contribution in [0.15, 0.2) is 59.3 Å². The second-order valence-electron chi connectivity index (χ2n) is 5.35. The Morgan fingerprint density at radius 2 is 1.60 bits per heavy atom. The number of ether oxygens (including phenoxy) is 1. The van der Waals surface area contributed by atoms with Gasteiger partial charge in [-0.05, 0) is 35.0 Å². The lowest BCUT2D eigenvalue weighted by Crippen LogP contribution is -2.33. The minimum absolute atomic E-state index is 0.0956. The predicted octanol–water partition coefficient (Wildman–Crippen LogP) is 4.23. The number of hydrogen-bond donors (Lipinski definition) is 0. The summed E-state index contributed by atoms with van der Waals surface area (Å²) in [7, 11) is 0. The van der Waals surface area contributed by atoms with Crippen molar-refractivity contribution in [3.8, 4) is 5.75 Å². The van der Waals surface area contributed by atoms with E-state index in [9.17, 15) is 9.59 Å². The molecule has 0 N–H and O–H groups in total. The molecule has 0 radical (unpaired) electrons. The molecule has 128 valence electrons. The highest BCUT2D eigenvalue weighted by molar-refractivity contribution is 7.10. The summed E-state index contributed by atoms with van der Waals surface area (Å²) in [5, 5.41) is 4.00. The van der Waals surface area contributed by atoms with Crippen LogP contribution in [0.2, 0.25) is 0 Å². The Labute approximate surface area is 154 Å². The third-order valence-electron chi connectivity index (χ3n) is 3.60. The Balaban J connectivity index is 1.68. The number of nitrogens with zero attached hydrogens (tertiary/aromatic N) is 1. The van der Waals surface area contributed by atoms with Crippen LogP contribution in [-0.4, -0.2) is 23.7 Å². The highest BCUT2D eigenvalue weighted by atomic mass is 32.1. The number of carbonyl (C=O) groups excluding carboxylic acids is 2. The van der Waals surface area contributed by atoms with E-state index in [1.807, 2.05) is 35.0 Å². The summed E-state index contributed by atoms with van der Waals surface area (Å²) in [5.74, 6) is 0.320. The van der Waals surface area contributed by atoms with Crippen molar-refractivity contribution in [2.24, 2.45) is 0 Å². The van der Waals surface area contributed by atoms with Crippen LogP contribution in [0.3, 0.4) is 0 Å². The molecule has 1 aromatic carbocycles. The average molecular weight is 371 g/mol. The van der Waals surface area contributed by atoms with E-state index < -0.39 is 0 Å². The lowest BCUT2D eigenvalue weighted by atomic mass is 10.2. The van der Waals surface area contributed by atoms with E-state index in [4.69, 9.17) is 4.74 Å². The summed E-state index contributed by atoms with van der Waals surface area (Å²) >= 11 is 3.25. The molecule has 0 aliphatic rings. The summed E-state index contributed by atoms with van der Waals surface area (Å²) in [6.07, 6.45) is 0.731. The molecule has 3 rings (SSSR count). The molecular weight excluding hydrogens is 354 g/mol. The van der Waals surface area contributed by atoms with Gasteiger partial charge in [0.2, 0.25) is 0 Å². The quantitative estimate of drug-likeness (QED) is 0.557. The third kappa shape index (κ3) is 4.78. The number of amides is 1. The van der Waals surface area contributed by atoms with Crippen molar-refractivity contribution in [2.75, 3.05) is 6.61 Å². The van der Waals surface area contributed by atoms with Crippen molar-refractivity contribution in [2.45, 2.75) is 13.1 Å². The van der Waals surface area contributed by atoms with Gasteiger partial charge in [-0.25, -0.2) is 0 Å². The van der Waals surface area contributed by atoms with Crippen molar-refractivity contribution < 1.29 is 14.3 Å². The average Bonchev–Trinajstić information content (AvgIpc) is 3.33. The van der Waals surface area contributed by atoms with Gasteiger partial charge in [0.25, 0.3) is 5.91 Å². The molecule has 3 aromatic rings. The molecular formula is C19H17NO3S2. The fraction of sp³-hybridized carbons (Fsp3) is 0.158. The normalized spacial score (nSPS) is 10.4. The van der Waals surface area contributed by atoms with Crippen LogP contribution in [0.5, 0.6) is 5.75 Å². The number of thiophene rings is 2. The molecule has 6 heteroatoms. The number of aldehydes is 1.